The van der Waals surface area contributed by atoms with Crippen molar-refractivity contribution in [2.24, 2.45) is 4.99 Å². The third-order valence-corrected chi connectivity index (χ3v) is 2.81. The second kappa shape index (κ2) is 6.45. The van der Waals surface area contributed by atoms with Gasteiger partial charge in [-0.3, -0.25) is 4.90 Å². The number of allylic oxidation sites excluding steroid dienone is 1. The van der Waals surface area contributed by atoms with Crippen LogP contribution in [-0.2, 0) is 0 Å². The van der Waals surface area contributed by atoms with Gasteiger partial charge in [0.15, 0.2) is 5.79 Å². The summed E-state index contributed by atoms with van der Waals surface area (Å²) in [6.45, 7) is 8.37. The molecule has 0 bridgehead atoms. The van der Waals surface area contributed by atoms with Crippen LogP contribution in [0.2, 0.25) is 0 Å². The summed E-state index contributed by atoms with van der Waals surface area (Å²) in [7, 11) is 0. The molecule has 4 nitrogen and oxygen atoms in total. The first-order chi connectivity index (χ1) is 6.71. The molecule has 0 aromatic heterocycles. The Morgan fingerprint density at radius 2 is 1.94 bits per heavy atom. The first kappa shape index (κ1) is 15.7. The summed E-state index contributed by atoms with van der Waals surface area (Å²) in [6, 6.07) is 0. The lowest BCUT2D eigenvalue weighted by molar-refractivity contribution is 0.0765. The van der Waals surface area contributed by atoms with Gasteiger partial charge in [-0.15, -0.1) is 24.8 Å². The molecule has 0 amide bonds. The molecule has 2 N–H and O–H groups in total. The van der Waals surface area contributed by atoms with Crippen LogP contribution in [0.5, 0.6) is 0 Å². The van der Waals surface area contributed by atoms with Crippen molar-refractivity contribution < 1.29 is 0 Å². The van der Waals surface area contributed by atoms with Crippen molar-refractivity contribution in [1.29, 1.82) is 0 Å². The lowest BCUT2D eigenvalue weighted by Crippen LogP contribution is -2.60. The monoisotopic (exact) mass is 266 g/mol. The number of rotatable bonds is 1. The molecule has 2 aliphatic rings. The zero-order valence-corrected chi connectivity index (χ0v) is 11.3. The Morgan fingerprint density at radius 1 is 1.31 bits per heavy atom. The van der Waals surface area contributed by atoms with E-state index in [1.807, 2.05) is 19.2 Å². The van der Waals surface area contributed by atoms with Crippen LogP contribution in [0.3, 0.4) is 0 Å². The lowest BCUT2D eigenvalue weighted by Gasteiger charge is -2.42. The minimum atomic E-state index is -0.235. The Kier molecular flexibility index (Phi) is 6.33. The van der Waals surface area contributed by atoms with Gasteiger partial charge in [-0.2, -0.15) is 0 Å². The molecule has 0 saturated carbocycles. The lowest BCUT2D eigenvalue weighted by atomic mass is 10.2. The molecule has 1 atom stereocenters. The molecule has 0 radical (unpaired) electrons. The van der Waals surface area contributed by atoms with Crippen LogP contribution < -0.4 is 10.6 Å². The van der Waals surface area contributed by atoms with Crippen molar-refractivity contribution in [1.82, 2.24) is 15.5 Å². The van der Waals surface area contributed by atoms with E-state index < -0.39 is 0 Å². The van der Waals surface area contributed by atoms with Gasteiger partial charge in [0.1, 0.15) is 0 Å². The molecule has 0 aliphatic carbocycles. The SMILES string of the molecule is CC1=NC(C)(N2CCNCC2)NC=C1.Cl.Cl. The first-order valence-corrected chi connectivity index (χ1v) is 5.17. The largest absolute Gasteiger partial charge is 0.355 e. The highest BCUT2D eigenvalue weighted by Gasteiger charge is 2.31. The molecule has 1 unspecified atom stereocenters. The zero-order chi connectivity index (χ0) is 10.0. The van der Waals surface area contributed by atoms with E-state index in [0.29, 0.717) is 0 Å². The van der Waals surface area contributed by atoms with E-state index in [2.05, 4.69) is 27.4 Å². The second-order valence-electron chi connectivity index (χ2n) is 3.99. The molecule has 2 aliphatic heterocycles. The Bertz CT molecular complexity index is 274. The summed E-state index contributed by atoms with van der Waals surface area (Å²) in [6.07, 6.45) is 3.99. The van der Waals surface area contributed by atoms with E-state index in [0.717, 1.165) is 31.9 Å². The molecule has 0 aromatic carbocycles. The third kappa shape index (κ3) is 3.35. The fourth-order valence-corrected chi connectivity index (χ4v) is 2.00. The standard InChI is InChI=1S/C10H18N4.2ClH/c1-9-3-4-12-10(2,13-9)14-7-5-11-6-8-14;;/h3-4,11-12H,5-8H2,1-2H3;2*1H. The minimum absolute atomic E-state index is 0. The number of halogens is 2. The van der Waals surface area contributed by atoms with Crippen molar-refractivity contribution in [2.75, 3.05) is 26.2 Å². The average Bonchev–Trinajstić information content (AvgIpc) is 2.19. The molecule has 6 heteroatoms. The first-order valence-electron chi connectivity index (χ1n) is 5.17. The van der Waals surface area contributed by atoms with Crippen molar-refractivity contribution in [3.05, 3.63) is 12.3 Å². The zero-order valence-electron chi connectivity index (χ0n) is 9.69. The van der Waals surface area contributed by atoms with Gasteiger partial charge < -0.3 is 10.6 Å². The average molecular weight is 267 g/mol. The number of hydrogen-bond acceptors (Lipinski definition) is 4. The maximum absolute atomic E-state index is 4.65. The van der Waals surface area contributed by atoms with E-state index in [-0.39, 0.29) is 30.6 Å². The maximum atomic E-state index is 4.65. The van der Waals surface area contributed by atoms with Crippen LogP contribution in [-0.4, -0.2) is 42.6 Å². The Morgan fingerprint density at radius 3 is 2.50 bits per heavy atom. The Hall–Kier alpha value is -0.290. The predicted molar refractivity (Wildman–Crippen MR) is 72.7 cm³/mol. The second-order valence-corrected chi connectivity index (χ2v) is 3.99. The van der Waals surface area contributed by atoms with Crippen LogP contribution in [0.25, 0.3) is 0 Å². The van der Waals surface area contributed by atoms with Crippen LogP contribution in [0.4, 0.5) is 0 Å². The number of aliphatic imine (C=N–C) groups is 1. The van der Waals surface area contributed by atoms with Crippen LogP contribution in [0, 0.1) is 0 Å². The quantitative estimate of drug-likeness (QED) is 0.744. The normalized spacial score (nSPS) is 29.5. The van der Waals surface area contributed by atoms with Crippen LogP contribution in [0.15, 0.2) is 17.3 Å². The van der Waals surface area contributed by atoms with Gasteiger partial charge in [-0.25, -0.2) is 4.99 Å². The summed E-state index contributed by atoms with van der Waals surface area (Å²) in [4.78, 5) is 7.03. The molecule has 1 fully saturated rings. The summed E-state index contributed by atoms with van der Waals surface area (Å²) in [5.74, 6) is -0.235. The van der Waals surface area contributed by atoms with Crippen LogP contribution >= 0.6 is 24.8 Å². The Labute approximate surface area is 109 Å². The van der Waals surface area contributed by atoms with Crippen LogP contribution in [0.1, 0.15) is 13.8 Å². The van der Waals surface area contributed by atoms with Gasteiger partial charge in [0.25, 0.3) is 0 Å². The number of nitrogens with zero attached hydrogens (tertiary/aromatic N) is 2. The molecule has 94 valence electrons. The van der Waals surface area contributed by atoms with E-state index in [1.54, 1.807) is 0 Å². The summed E-state index contributed by atoms with van der Waals surface area (Å²) < 4.78 is 0. The van der Waals surface area contributed by atoms with Crippen molar-refractivity contribution >= 4 is 30.5 Å². The number of piperazine rings is 1. The highest BCUT2D eigenvalue weighted by Crippen LogP contribution is 2.17. The smallest absolute Gasteiger partial charge is 0.184 e. The highest BCUT2D eigenvalue weighted by atomic mass is 35.5. The topological polar surface area (TPSA) is 39.7 Å². The molecule has 2 heterocycles. The van der Waals surface area contributed by atoms with E-state index in [1.165, 1.54) is 0 Å². The van der Waals surface area contributed by atoms with Crippen molar-refractivity contribution in [3.8, 4) is 0 Å². The van der Waals surface area contributed by atoms with Gasteiger partial charge in [-0.1, -0.05) is 0 Å². The third-order valence-electron chi connectivity index (χ3n) is 2.81. The van der Waals surface area contributed by atoms with Gasteiger partial charge in [0.2, 0.25) is 0 Å². The summed E-state index contributed by atoms with van der Waals surface area (Å²) in [5, 5.41) is 6.67. The molecular weight excluding hydrogens is 247 g/mol. The van der Waals surface area contributed by atoms with Crippen molar-refractivity contribution in [3.63, 3.8) is 0 Å². The molecule has 16 heavy (non-hydrogen) atoms. The van der Waals surface area contributed by atoms with Gasteiger partial charge in [-0.05, 0) is 19.9 Å². The summed E-state index contributed by atoms with van der Waals surface area (Å²) >= 11 is 0. The van der Waals surface area contributed by atoms with E-state index in [4.69, 9.17) is 0 Å². The minimum Gasteiger partial charge on any atom is -0.355 e. The molecule has 1 saturated heterocycles. The van der Waals surface area contributed by atoms with Gasteiger partial charge in [0.05, 0.1) is 0 Å². The fourth-order valence-electron chi connectivity index (χ4n) is 2.00. The molecule has 0 spiro atoms. The Balaban J connectivity index is 0.00000112. The predicted octanol–water partition coefficient (Wildman–Crippen LogP) is 0.987. The number of nitrogens with one attached hydrogen (secondary N) is 2. The molecule has 0 aromatic rings. The van der Waals surface area contributed by atoms with Crippen molar-refractivity contribution in [2.45, 2.75) is 19.6 Å². The fraction of sp³-hybridized carbons (Fsp3) is 0.700. The molecular formula is C10H20Cl2N4. The van der Waals surface area contributed by atoms with Gasteiger partial charge in [0, 0.05) is 38.1 Å². The number of hydrogen-bond donors (Lipinski definition) is 2. The maximum Gasteiger partial charge on any atom is 0.184 e. The summed E-state index contributed by atoms with van der Waals surface area (Å²) in [5.41, 5.74) is 1.09. The highest BCUT2D eigenvalue weighted by molar-refractivity contribution is 5.93. The van der Waals surface area contributed by atoms with E-state index in [9.17, 15) is 0 Å². The van der Waals surface area contributed by atoms with Gasteiger partial charge >= 0.3 is 0 Å². The molecule has 2 rings (SSSR count). The van der Waals surface area contributed by atoms with E-state index >= 15 is 0 Å².